The van der Waals surface area contributed by atoms with E-state index in [4.69, 9.17) is 4.74 Å². The Balaban J connectivity index is 1.29. The second kappa shape index (κ2) is 14.0. The van der Waals surface area contributed by atoms with Gasteiger partial charge in [-0.3, -0.25) is 9.59 Å². The molecule has 0 spiro atoms. The molecule has 1 saturated carbocycles. The third kappa shape index (κ3) is 8.13. The van der Waals surface area contributed by atoms with E-state index in [1.807, 2.05) is 56.3 Å². The predicted octanol–water partition coefficient (Wildman–Crippen LogP) is 7.86. The van der Waals surface area contributed by atoms with Gasteiger partial charge in [0.05, 0.1) is 18.5 Å². The molecule has 0 unspecified atom stereocenters. The number of aromatic nitrogens is 1. The van der Waals surface area contributed by atoms with Crippen LogP contribution >= 0.6 is 0 Å². The molecule has 1 aliphatic rings. The number of aryl methyl sites for hydroxylation is 3. The minimum absolute atomic E-state index is 0.101. The molecule has 45 heavy (non-hydrogen) atoms. The number of hydrogen-bond acceptors (Lipinski definition) is 3. The van der Waals surface area contributed by atoms with Gasteiger partial charge in [0, 0.05) is 35.2 Å². The number of carbonyl (C=O) groups is 2. The molecular weight excluding hydrogens is 569 g/mol. The van der Waals surface area contributed by atoms with E-state index in [1.165, 1.54) is 11.6 Å². The summed E-state index contributed by atoms with van der Waals surface area (Å²) in [5, 5.41) is 19.8. The smallest absolute Gasteiger partial charge is 0.303 e. The van der Waals surface area contributed by atoms with Crippen LogP contribution in [0, 0.1) is 36.9 Å². The Labute approximate surface area is 263 Å². The number of nitrogens with zero attached hydrogens (tertiary/aromatic N) is 1. The monoisotopic (exact) mass is 609 g/mol. The molecular formula is C38H40FNO5. The van der Waals surface area contributed by atoms with Crippen molar-refractivity contribution in [2.75, 3.05) is 6.61 Å². The SMILES string of the molecule is Cc1cc(F)ccc1CCCCOc1ccc(C#Cc2cccc3c(CCCC(=O)O)c(C)n(CC4(CC(=O)O)CC4)c23)cc1. The Kier molecular flexibility index (Phi) is 9.93. The van der Waals surface area contributed by atoms with E-state index in [-0.39, 0.29) is 24.1 Å². The summed E-state index contributed by atoms with van der Waals surface area (Å²) in [6.45, 7) is 5.19. The fourth-order valence-electron chi connectivity index (χ4n) is 6.18. The number of carboxylic acids is 2. The highest BCUT2D eigenvalue weighted by Crippen LogP contribution is 2.51. The lowest BCUT2D eigenvalue weighted by atomic mass is 10.0. The molecule has 0 atom stereocenters. The zero-order valence-corrected chi connectivity index (χ0v) is 26.0. The van der Waals surface area contributed by atoms with Crippen LogP contribution in [0.3, 0.4) is 0 Å². The minimum atomic E-state index is -0.810. The number of para-hydroxylation sites is 1. The average Bonchev–Trinajstić information content (AvgIpc) is 3.70. The van der Waals surface area contributed by atoms with Gasteiger partial charge in [-0.15, -0.1) is 0 Å². The van der Waals surface area contributed by atoms with Crippen molar-refractivity contribution in [3.63, 3.8) is 0 Å². The first-order valence-corrected chi connectivity index (χ1v) is 15.7. The maximum Gasteiger partial charge on any atom is 0.303 e. The molecule has 0 radical (unpaired) electrons. The van der Waals surface area contributed by atoms with Crippen LogP contribution in [-0.4, -0.2) is 33.3 Å². The summed E-state index contributed by atoms with van der Waals surface area (Å²) in [5.74, 6) is 5.64. The average molecular weight is 610 g/mol. The third-order valence-corrected chi connectivity index (χ3v) is 8.88. The van der Waals surface area contributed by atoms with Crippen molar-refractivity contribution in [3.8, 4) is 17.6 Å². The molecule has 0 bridgehead atoms. The van der Waals surface area contributed by atoms with Gasteiger partial charge in [0.1, 0.15) is 11.6 Å². The van der Waals surface area contributed by atoms with Crippen LogP contribution in [0.4, 0.5) is 4.39 Å². The van der Waals surface area contributed by atoms with Crippen LogP contribution in [0.2, 0.25) is 0 Å². The maximum atomic E-state index is 13.3. The van der Waals surface area contributed by atoms with Gasteiger partial charge in [-0.1, -0.05) is 30.0 Å². The second-order valence-electron chi connectivity index (χ2n) is 12.3. The molecule has 1 aromatic heterocycles. The summed E-state index contributed by atoms with van der Waals surface area (Å²) in [7, 11) is 0. The minimum Gasteiger partial charge on any atom is -0.494 e. The lowest BCUT2D eigenvalue weighted by molar-refractivity contribution is -0.139. The standard InChI is InChI=1S/C38H40FNO5/c1-26-23-31(39)17-16-29(26)7-3-4-22-45-32-18-13-28(14-19-32)12-15-30-8-5-10-34-33(9-6-11-35(41)42)27(2)40(37(30)34)25-38(20-21-38)24-36(43)44/h5,8,10,13-14,16-19,23H,3-4,6-7,9,11,20-22,24-25H2,1-2H3,(H,41,42)(H,43,44). The highest BCUT2D eigenvalue weighted by molar-refractivity contribution is 5.90. The maximum absolute atomic E-state index is 13.3. The van der Waals surface area contributed by atoms with Gasteiger partial charge < -0.3 is 19.5 Å². The van der Waals surface area contributed by atoms with Crippen molar-refractivity contribution in [1.82, 2.24) is 4.57 Å². The number of rotatable bonds is 14. The van der Waals surface area contributed by atoms with E-state index >= 15 is 0 Å². The largest absolute Gasteiger partial charge is 0.494 e. The molecule has 1 heterocycles. The van der Waals surface area contributed by atoms with Crippen molar-refractivity contribution in [1.29, 1.82) is 0 Å². The first kappa shape index (κ1) is 31.8. The van der Waals surface area contributed by atoms with E-state index in [9.17, 15) is 24.2 Å². The van der Waals surface area contributed by atoms with Gasteiger partial charge in [-0.25, -0.2) is 4.39 Å². The lowest BCUT2D eigenvalue weighted by Crippen LogP contribution is -2.17. The Bertz CT molecular complexity index is 1750. The highest BCUT2D eigenvalue weighted by Gasteiger charge is 2.45. The molecule has 3 aromatic carbocycles. The van der Waals surface area contributed by atoms with E-state index in [0.717, 1.165) is 76.7 Å². The molecule has 2 N–H and O–H groups in total. The van der Waals surface area contributed by atoms with Gasteiger partial charge in [-0.05, 0) is 123 Å². The fraction of sp³-hybridized carbons (Fsp3) is 0.368. The number of unbranched alkanes of at least 4 members (excludes halogenated alkanes) is 1. The molecule has 234 valence electrons. The quantitative estimate of drug-likeness (QED) is 0.112. The second-order valence-corrected chi connectivity index (χ2v) is 12.3. The summed E-state index contributed by atoms with van der Waals surface area (Å²) in [5.41, 5.74) is 6.76. The zero-order chi connectivity index (χ0) is 32.0. The Morgan fingerprint density at radius 3 is 2.40 bits per heavy atom. The van der Waals surface area contributed by atoms with E-state index < -0.39 is 11.9 Å². The van der Waals surface area contributed by atoms with Crippen LogP contribution in [0.1, 0.15) is 78.5 Å². The summed E-state index contributed by atoms with van der Waals surface area (Å²) < 4.78 is 21.5. The van der Waals surface area contributed by atoms with Crippen LogP contribution < -0.4 is 4.74 Å². The molecule has 1 fully saturated rings. The summed E-state index contributed by atoms with van der Waals surface area (Å²) in [4.78, 5) is 22.8. The molecule has 0 amide bonds. The molecule has 5 rings (SSSR count). The van der Waals surface area contributed by atoms with Gasteiger partial charge in [-0.2, -0.15) is 0 Å². The van der Waals surface area contributed by atoms with Crippen LogP contribution in [0.25, 0.3) is 10.9 Å². The Hall–Kier alpha value is -4.57. The number of hydrogen-bond donors (Lipinski definition) is 2. The number of carboxylic acid groups (broad SMARTS) is 2. The number of fused-ring (bicyclic) bond motifs is 1. The number of ether oxygens (including phenoxy) is 1. The van der Waals surface area contributed by atoms with Crippen molar-refractivity contribution in [3.05, 3.63) is 100.0 Å². The van der Waals surface area contributed by atoms with Crippen molar-refractivity contribution >= 4 is 22.8 Å². The number of benzene rings is 3. The normalized spacial score (nSPS) is 13.3. The topological polar surface area (TPSA) is 88.8 Å². The van der Waals surface area contributed by atoms with E-state index in [2.05, 4.69) is 22.5 Å². The summed E-state index contributed by atoms with van der Waals surface area (Å²) in [6.07, 6.45) is 5.91. The van der Waals surface area contributed by atoms with Gasteiger partial charge in [0.25, 0.3) is 0 Å². The first-order valence-electron chi connectivity index (χ1n) is 15.7. The predicted molar refractivity (Wildman–Crippen MR) is 173 cm³/mol. The van der Waals surface area contributed by atoms with Crippen molar-refractivity contribution in [2.24, 2.45) is 5.41 Å². The van der Waals surface area contributed by atoms with Crippen LogP contribution in [0.15, 0.2) is 60.7 Å². The number of halogens is 1. The van der Waals surface area contributed by atoms with Gasteiger partial charge in [0.15, 0.2) is 0 Å². The molecule has 0 aliphatic heterocycles. The van der Waals surface area contributed by atoms with Crippen molar-refractivity contribution < 1.29 is 28.9 Å². The van der Waals surface area contributed by atoms with Gasteiger partial charge in [0.2, 0.25) is 0 Å². The summed E-state index contributed by atoms with van der Waals surface area (Å²) in [6, 6.07) is 18.7. The highest BCUT2D eigenvalue weighted by atomic mass is 19.1. The first-order chi connectivity index (χ1) is 21.6. The van der Waals surface area contributed by atoms with Crippen molar-refractivity contribution in [2.45, 2.75) is 78.2 Å². The molecule has 4 aromatic rings. The van der Waals surface area contributed by atoms with Gasteiger partial charge >= 0.3 is 11.9 Å². The molecule has 6 nitrogen and oxygen atoms in total. The van der Waals surface area contributed by atoms with E-state index in [1.54, 1.807) is 6.07 Å². The fourth-order valence-corrected chi connectivity index (χ4v) is 6.18. The summed E-state index contributed by atoms with van der Waals surface area (Å²) >= 11 is 0. The third-order valence-electron chi connectivity index (χ3n) is 8.88. The molecule has 1 aliphatic carbocycles. The van der Waals surface area contributed by atoms with E-state index in [0.29, 0.717) is 26.0 Å². The number of aliphatic carboxylic acids is 2. The Morgan fingerprint density at radius 2 is 1.71 bits per heavy atom. The Morgan fingerprint density at radius 1 is 0.933 bits per heavy atom. The zero-order valence-electron chi connectivity index (χ0n) is 26.0. The van der Waals surface area contributed by atoms with Crippen LogP contribution in [-0.2, 0) is 29.0 Å². The molecule has 0 saturated heterocycles. The lowest BCUT2D eigenvalue weighted by Gasteiger charge is -2.17. The van der Waals surface area contributed by atoms with Crippen LogP contribution in [0.5, 0.6) is 5.75 Å². The molecule has 7 heteroatoms.